The predicted octanol–water partition coefficient (Wildman–Crippen LogP) is 3.37. The second kappa shape index (κ2) is 11.9. The smallest absolute Gasteiger partial charge is 0.242 e. The van der Waals surface area contributed by atoms with Gasteiger partial charge in [-0.25, -0.2) is 17.2 Å². The van der Waals surface area contributed by atoms with E-state index in [9.17, 15) is 26.8 Å². The lowest BCUT2D eigenvalue weighted by molar-refractivity contribution is -0.140. The van der Waals surface area contributed by atoms with E-state index in [0.29, 0.717) is 6.54 Å². The lowest BCUT2D eigenvalue weighted by Crippen LogP contribution is -2.47. The monoisotopic (exact) mass is 495 g/mol. The van der Waals surface area contributed by atoms with Crippen molar-refractivity contribution in [3.63, 3.8) is 0 Å². The molecule has 1 unspecified atom stereocenters. The Kier molecular flexibility index (Phi) is 9.55. The van der Waals surface area contributed by atoms with Crippen molar-refractivity contribution in [1.82, 2.24) is 10.2 Å². The molecular formula is C24H31F2N3O4S. The highest BCUT2D eigenvalue weighted by Crippen LogP contribution is 2.22. The molecule has 186 valence electrons. The average molecular weight is 496 g/mol. The quantitative estimate of drug-likeness (QED) is 0.518. The molecule has 1 N–H and O–H groups in total. The lowest BCUT2D eigenvalue weighted by atomic mass is 10.1. The topological polar surface area (TPSA) is 86.8 Å². The Labute approximate surface area is 199 Å². The maximum Gasteiger partial charge on any atom is 0.242 e. The van der Waals surface area contributed by atoms with Crippen molar-refractivity contribution >= 4 is 27.5 Å². The number of halogens is 2. The predicted molar refractivity (Wildman–Crippen MR) is 128 cm³/mol. The number of nitrogens with zero attached hydrogens (tertiary/aromatic N) is 2. The van der Waals surface area contributed by atoms with Crippen molar-refractivity contribution in [2.45, 2.75) is 46.2 Å². The number of benzene rings is 2. The molecule has 1 atom stereocenters. The zero-order valence-corrected chi connectivity index (χ0v) is 20.7. The number of aryl methyl sites for hydroxylation is 1. The van der Waals surface area contributed by atoms with Gasteiger partial charge in [0.05, 0.1) is 11.9 Å². The molecule has 0 aliphatic carbocycles. The van der Waals surface area contributed by atoms with E-state index in [1.165, 1.54) is 11.0 Å². The normalized spacial score (nSPS) is 12.2. The van der Waals surface area contributed by atoms with Crippen LogP contribution in [0.1, 0.15) is 37.8 Å². The van der Waals surface area contributed by atoms with Crippen LogP contribution in [0.3, 0.4) is 0 Å². The first-order chi connectivity index (χ1) is 16.0. The number of hydrogen-bond acceptors (Lipinski definition) is 4. The molecule has 0 saturated heterocycles. The van der Waals surface area contributed by atoms with Gasteiger partial charge in [0.25, 0.3) is 0 Å². The molecular weight excluding hydrogens is 464 g/mol. The van der Waals surface area contributed by atoms with Gasteiger partial charge in [0.2, 0.25) is 21.8 Å². The van der Waals surface area contributed by atoms with Crippen LogP contribution >= 0.6 is 0 Å². The number of likely N-dealkylation sites (N-methyl/N-ethyl adjacent to an activating group) is 1. The Balaban J connectivity index is 2.18. The van der Waals surface area contributed by atoms with Crippen LogP contribution in [0.15, 0.2) is 42.5 Å². The van der Waals surface area contributed by atoms with Crippen LogP contribution in [0.2, 0.25) is 0 Å². The van der Waals surface area contributed by atoms with Gasteiger partial charge in [-0.15, -0.1) is 0 Å². The first-order valence-electron chi connectivity index (χ1n) is 11.0. The van der Waals surface area contributed by atoms with Gasteiger partial charge in [0.15, 0.2) is 11.6 Å². The van der Waals surface area contributed by atoms with Crippen molar-refractivity contribution in [2.75, 3.05) is 23.7 Å². The second-order valence-electron chi connectivity index (χ2n) is 8.06. The van der Waals surface area contributed by atoms with Gasteiger partial charge in [-0.05, 0) is 50.5 Å². The third kappa shape index (κ3) is 7.24. The zero-order chi connectivity index (χ0) is 25.5. The second-order valence-corrected chi connectivity index (χ2v) is 9.96. The van der Waals surface area contributed by atoms with Gasteiger partial charge in [0.1, 0.15) is 6.04 Å². The van der Waals surface area contributed by atoms with E-state index < -0.39 is 27.7 Å². The molecule has 2 aromatic carbocycles. The Morgan fingerprint density at radius 3 is 2.35 bits per heavy atom. The van der Waals surface area contributed by atoms with E-state index in [1.807, 2.05) is 31.2 Å². The van der Waals surface area contributed by atoms with Crippen LogP contribution in [0.5, 0.6) is 0 Å². The standard InChI is InChI=1S/C24H31F2N3O4S/c1-5-27-24(31)18(3)28(16-19-10-7-6-9-17(19)2)23(30)11-8-14-29(34(4,32)33)20-12-13-21(25)22(26)15-20/h6-7,9-10,12-13,15,18H,5,8,11,14,16H2,1-4H3,(H,27,31). The summed E-state index contributed by atoms with van der Waals surface area (Å²) in [6, 6.07) is 9.64. The molecule has 2 rings (SSSR count). The van der Waals surface area contributed by atoms with Crippen LogP contribution in [0.25, 0.3) is 0 Å². The first-order valence-corrected chi connectivity index (χ1v) is 12.8. The van der Waals surface area contributed by atoms with Crippen molar-refractivity contribution < 1.29 is 26.8 Å². The molecule has 0 aliphatic heterocycles. The minimum absolute atomic E-state index is 0.0266. The maximum atomic E-state index is 13.7. The van der Waals surface area contributed by atoms with Gasteiger partial charge in [-0.3, -0.25) is 13.9 Å². The van der Waals surface area contributed by atoms with Crippen LogP contribution in [0, 0.1) is 18.6 Å². The van der Waals surface area contributed by atoms with E-state index in [1.54, 1.807) is 13.8 Å². The number of hydrogen-bond donors (Lipinski definition) is 1. The van der Waals surface area contributed by atoms with Crippen molar-refractivity contribution in [1.29, 1.82) is 0 Å². The molecule has 0 fully saturated rings. The fraction of sp³-hybridized carbons (Fsp3) is 0.417. The number of carbonyl (C=O) groups excluding carboxylic acids is 2. The Hall–Kier alpha value is -3.01. The van der Waals surface area contributed by atoms with Crippen LogP contribution in [0.4, 0.5) is 14.5 Å². The number of rotatable bonds is 11. The Morgan fingerprint density at radius 2 is 1.76 bits per heavy atom. The van der Waals surface area contributed by atoms with Crippen molar-refractivity contribution in [2.24, 2.45) is 0 Å². The minimum Gasteiger partial charge on any atom is -0.355 e. The summed E-state index contributed by atoms with van der Waals surface area (Å²) in [6.07, 6.45) is 1.04. The summed E-state index contributed by atoms with van der Waals surface area (Å²) in [5.41, 5.74) is 1.85. The van der Waals surface area contributed by atoms with E-state index >= 15 is 0 Å². The summed E-state index contributed by atoms with van der Waals surface area (Å²) < 4.78 is 52.4. The number of carbonyl (C=O) groups is 2. The molecule has 0 radical (unpaired) electrons. The largest absolute Gasteiger partial charge is 0.355 e. The van der Waals surface area contributed by atoms with Crippen molar-refractivity contribution in [3.05, 3.63) is 65.2 Å². The van der Waals surface area contributed by atoms with Gasteiger partial charge in [-0.2, -0.15) is 0 Å². The molecule has 7 nitrogen and oxygen atoms in total. The SMILES string of the molecule is CCNC(=O)C(C)N(Cc1ccccc1C)C(=O)CCCN(c1ccc(F)c(F)c1)S(C)(=O)=O. The molecule has 0 aliphatic rings. The van der Waals surface area contributed by atoms with Gasteiger partial charge < -0.3 is 10.2 Å². The fourth-order valence-corrected chi connectivity index (χ4v) is 4.48. The fourth-order valence-electron chi connectivity index (χ4n) is 3.52. The molecule has 10 heteroatoms. The molecule has 34 heavy (non-hydrogen) atoms. The average Bonchev–Trinajstić information content (AvgIpc) is 2.77. The molecule has 0 saturated carbocycles. The number of nitrogens with one attached hydrogen (secondary N) is 1. The number of anilines is 1. The molecule has 0 spiro atoms. The van der Waals surface area contributed by atoms with Crippen LogP contribution in [-0.2, 0) is 26.2 Å². The van der Waals surface area contributed by atoms with Gasteiger partial charge in [-0.1, -0.05) is 24.3 Å². The first kappa shape index (κ1) is 27.2. The Bertz CT molecular complexity index is 1120. The summed E-state index contributed by atoms with van der Waals surface area (Å²) in [7, 11) is -3.80. The van der Waals surface area contributed by atoms with Crippen LogP contribution in [-0.4, -0.2) is 50.5 Å². The highest BCUT2D eigenvalue weighted by Gasteiger charge is 2.27. The zero-order valence-electron chi connectivity index (χ0n) is 19.8. The third-order valence-electron chi connectivity index (χ3n) is 5.46. The summed E-state index contributed by atoms with van der Waals surface area (Å²) in [5, 5.41) is 2.72. The number of sulfonamides is 1. The summed E-state index contributed by atoms with van der Waals surface area (Å²) in [5.74, 6) is -2.86. The number of amides is 2. The van der Waals surface area contributed by atoms with Crippen LogP contribution < -0.4 is 9.62 Å². The molecule has 0 heterocycles. The summed E-state index contributed by atoms with van der Waals surface area (Å²) in [6.45, 7) is 5.89. The van der Waals surface area contributed by atoms with E-state index in [-0.39, 0.29) is 43.4 Å². The van der Waals surface area contributed by atoms with E-state index in [0.717, 1.165) is 33.8 Å². The highest BCUT2D eigenvalue weighted by molar-refractivity contribution is 7.92. The molecule has 2 amide bonds. The molecule has 0 bridgehead atoms. The molecule has 0 aromatic heterocycles. The van der Waals surface area contributed by atoms with E-state index in [2.05, 4.69) is 5.32 Å². The minimum atomic E-state index is -3.80. The summed E-state index contributed by atoms with van der Waals surface area (Å²) in [4.78, 5) is 27.1. The lowest BCUT2D eigenvalue weighted by Gasteiger charge is -2.30. The Morgan fingerprint density at radius 1 is 1.09 bits per heavy atom. The van der Waals surface area contributed by atoms with Crippen molar-refractivity contribution in [3.8, 4) is 0 Å². The van der Waals surface area contributed by atoms with Gasteiger partial charge >= 0.3 is 0 Å². The van der Waals surface area contributed by atoms with Gasteiger partial charge in [0, 0.05) is 32.1 Å². The maximum absolute atomic E-state index is 13.7. The third-order valence-corrected chi connectivity index (χ3v) is 6.66. The highest BCUT2D eigenvalue weighted by atomic mass is 32.2. The summed E-state index contributed by atoms with van der Waals surface area (Å²) >= 11 is 0. The van der Waals surface area contributed by atoms with E-state index in [4.69, 9.17) is 0 Å². The molecule has 2 aromatic rings.